The standard InChI is InChI=1S/C25H24F2N4O3/c1-15(2)22(31-23(32)21-19(26)12-7-13-20(21)27)24(33)28-17-10-6-11-18(14-17)30-25(34)29-16-8-4-3-5-9-16/h3-15,22H,1-2H3,(H,28,33)(H,31,32)(H2,29,30,34)/t22-/m0/s1. The number of hydrogen-bond donors (Lipinski definition) is 4. The number of amides is 4. The summed E-state index contributed by atoms with van der Waals surface area (Å²) in [7, 11) is 0. The second-order valence-electron chi connectivity index (χ2n) is 7.81. The van der Waals surface area contributed by atoms with Crippen LogP contribution in [0.4, 0.5) is 30.6 Å². The van der Waals surface area contributed by atoms with Gasteiger partial charge in [-0.15, -0.1) is 0 Å². The fourth-order valence-electron chi connectivity index (χ4n) is 3.17. The van der Waals surface area contributed by atoms with Gasteiger partial charge in [0.1, 0.15) is 23.2 Å². The van der Waals surface area contributed by atoms with E-state index in [-0.39, 0.29) is 5.92 Å². The van der Waals surface area contributed by atoms with E-state index in [4.69, 9.17) is 0 Å². The Kier molecular flexibility index (Phi) is 7.92. The first-order chi connectivity index (χ1) is 16.2. The maximum absolute atomic E-state index is 13.9. The predicted octanol–water partition coefficient (Wildman–Crippen LogP) is 5.00. The summed E-state index contributed by atoms with van der Waals surface area (Å²) in [6, 6.07) is 16.9. The monoisotopic (exact) mass is 466 g/mol. The molecule has 176 valence electrons. The molecule has 0 spiro atoms. The third-order valence-corrected chi connectivity index (χ3v) is 4.85. The molecule has 7 nitrogen and oxygen atoms in total. The van der Waals surface area contributed by atoms with Gasteiger partial charge in [-0.1, -0.05) is 44.2 Å². The Bertz CT molecular complexity index is 1170. The Hall–Kier alpha value is -4.27. The first kappa shape index (κ1) is 24.4. The lowest BCUT2D eigenvalue weighted by molar-refractivity contribution is -0.118. The Labute approximate surface area is 195 Å². The molecule has 0 saturated heterocycles. The number of nitrogens with one attached hydrogen (secondary N) is 4. The lowest BCUT2D eigenvalue weighted by Gasteiger charge is -2.22. The largest absolute Gasteiger partial charge is 0.340 e. The number of hydrogen-bond acceptors (Lipinski definition) is 3. The molecule has 3 aromatic rings. The molecule has 0 aliphatic carbocycles. The van der Waals surface area contributed by atoms with Crippen LogP contribution in [-0.4, -0.2) is 23.9 Å². The van der Waals surface area contributed by atoms with Crippen LogP contribution in [-0.2, 0) is 4.79 Å². The van der Waals surface area contributed by atoms with Crippen molar-refractivity contribution in [1.29, 1.82) is 0 Å². The van der Waals surface area contributed by atoms with Gasteiger partial charge in [-0.2, -0.15) is 0 Å². The fraction of sp³-hybridized carbons (Fsp3) is 0.160. The number of urea groups is 1. The molecule has 0 aliphatic rings. The summed E-state index contributed by atoms with van der Waals surface area (Å²) >= 11 is 0. The molecule has 0 aromatic heterocycles. The van der Waals surface area contributed by atoms with Crippen molar-refractivity contribution >= 4 is 34.9 Å². The summed E-state index contributed by atoms with van der Waals surface area (Å²) in [6.07, 6.45) is 0. The topological polar surface area (TPSA) is 99.3 Å². The van der Waals surface area contributed by atoms with E-state index < -0.39 is 41.1 Å². The molecule has 0 heterocycles. The molecule has 4 N–H and O–H groups in total. The van der Waals surface area contributed by atoms with Crippen LogP contribution in [0, 0.1) is 17.6 Å². The van der Waals surface area contributed by atoms with Crippen LogP contribution < -0.4 is 21.3 Å². The van der Waals surface area contributed by atoms with Crippen molar-refractivity contribution in [3.05, 3.63) is 90.0 Å². The summed E-state index contributed by atoms with van der Waals surface area (Å²) < 4.78 is 27.9. The molecule has 0 saturated carbocycles. The molecule has 0 radical (unpaired) electrons. The maximum atomic E-state index is 13.9. The van der Waals surface area contributed by atoms with Crippen molar-refractivity contribution in [3.8, 4) is 0 Å². The van der Waals surface area contributed by atoms with Crippen molar-refractivity contribution in [2.75, 3.05) is 16.0 Å². The van der Waals surface area contributed by atoms with Gasteiger partial charge in [0.2, 0.25) is 5.91 Å². The van der Waals surface area contributed by atoms with Crippen LogP contribution in [0.25, 0.3) is 0 Å². The number of halogens is 2. The summed E-state index contributed by atoms with van der Waals surface area (Å²) in [6.45, 7) is 3.38. The van der Waals surface area contributed by atoms with E-state index in [0.29, 0.717) is 17.1 Å². The minimum atomic E-state index is -1.07. The van der Waals surface area contributed by atoms with Crippen molar-refractivity contribution in [2.24, 2.45) is 5.92 Å². The minimum Gasteiger partial charge on any atom is -0.340 e. The lowest BCUT2D eigenvalue weighted by Crippen LogP contribution is -2.47. The van der Waals surface area contributed by atoms with Gasteiger partial charge < -0.3 is 21.3 Å². The zero-order valence-electron chi connectivity index (χ0n) is 18.6. The molecule has 3 rings (SSSR count). The number of carbonyl (C=O) groups is 3. The van der Waals surface area contributed by atoms with Crippen LogP contribution in [0.15, 0.2) is 72.8 Å². The molecular formula is C25H24F2N4O3. The second kappa shape index (κ2) is 11.0. The molecule has 34 heavy (non-hydrogen) atoms. The summed E-state index contributed by atoms with van der Waals surface area (Å²) in [4.78, 5) is 37.5. The molecule has 3 aromatic carbocycles. The van der Waals surface area contributed by atoms with Crippen molar-refractivity contribution in [1.82, 2.24) is 5.32 Å². The van der Waals surface area contributed by atoms with E-state index >= 15 is 0 Å². The first-order valence-corrected chi connectivity index (χ1v) is 10.5. The average Bonchev–Trinajstić information content (AvgIpc) is 2.78. The molecule has 4 amide bonds. The minimum absolute atomic E-state index is 0.361. The Morgan fingerprint density at radius 1 is 0.706 bits per heavy atom. The van der Waals surface area contributed by atoms with E-state index in [2.05, 4.69) is 21.3 Å². The molecule has 9 heteroatoms. The summed E-state index contributed by atoms with van der Waals surface area (Å²) in [5, 5.41) is 10.4. The van der Waals surface area contributed by atoms with Gasteiger partial charge in [0, 0.05) is 17.1 Å². The van der Waals surface area contributed by atoms with Crippen LogP contribution in [0.5, 0.6) is 0 Å². The maximum Gasteiger partial charge on any atom is 0.323 e. The number of anilines is 3. The molecule has 0 aliphatic heterocycles. The van der Waals surface area contributed by atoms with Gasteiger partial charge in [0.25, 0.3) is 5.91 Å². The van der Waals surface area contributed by atoms with Crippen LogP contribution >= 0.6 is 0 Å². The fourth-order valence-corrected chi connectivity index (χ4v) is 3.17. The van der Waals surface area contributed by atoms with E-state index in [9.17, 15) is 23.2 Å². The van der Waals surface area contributed by atoms with Gasteiger partial charge in [0.15, 0.2) is 0 Å². The summed E-state index contributed by atoms with van der Waals surface area (Å²) in [5.74, 6) is -4.03. The quantitative estimate of drug-likeness (QED) is 0.394. The van der Waals surface area contributed by atoms with Crippen molar-refractivity contribution in [3.63, 3.8) is 0 Å². The van der Waals surface area contributed by atoms with E-state index in [0.717, 1.165) is 18.2 Å². The zero-order chi connectivity index (χ0) is 24.7. The Morgan fingerprint density at radius 3 is 1.85 bits per heavy atom. The van der Waals surface area contributed by atoms with Gasteiger partial charge >= 0.3 is 6.03 Å². The molecule has 0 unspecified atom stereocenters. The van der Waals surface area contributed by atoms with Crippen LogP contribution in [0.1, 0.15) is 24.2 Å². The van der Waals surface area contributed by atoms with Crippen molar-refractivity contribution in [2.45, 2.75) is 19.9 Å². The third kappa shape index (κ3) is 6.38. The van der Waals surface area contributed by atoms with Crippen LogP contribution in [0.2, 0.25) is 0 Å². The average molecular weight is 466 g/mol. The van der Waals surface area contributed by atoms with Crippen molar-refractivity contribution < 1.29 is 23.2 Å². The molecular weight excluding hydrogens is 442 g/mol. The first-order valence-electron chi connectivity index (χ1n) is 10.5. The van der Waals surface area contributed by atoms with E-state index in [1.807, 2.05) is 6.07 Å². The van der Waals surface area contributed by atoms with E-state index in [1.165, 1.54) is 6.07 Å². The molecule has 0 fully saturated rings. The van der Waals surface area contributed by atoms with Gasteiger partial charge in [-0.25, -0.2) is 13.6 Å². The highest BCUT2D eigenvalue weighted by molar-refractivity contribution is 6.03. The molecule has 1 atom stereocenters. The normalized spacial score (nSPS) is 11.4. The van der Waals surface area contributed by atoms with Crippen LogP contribution in [0.3, 0.4) is 0 Å². The predicted molar refractivity (Wildman–Crippen MR) is 127 cm³/mol. The van der Waals surface area contributed by atoms with E-state index in [1.54, 1.807) is 56.3 Å². The number of rotatable bonds is 7. The summed E-state index contributed by atoms with van der Waals surface area (Å²) in [5.41, 5.74) is 0.645. The Morgan fingerprint density at radius 2 is 1.24 bits per heavy atom. The number of para-hydroxylation sites is 1. The lowest BCUT2D eigenvalue weighted by atomic mass is 10.0. The third-order valence-electron chi connectivity index (χ3n) is 4.85. The smallest absolute Gasteiger partial charge is 0.323 e. The second-order valence-corrected chi connectivity index (χ2v) is 7.81. The highest BCUT2D eigenvalue weighted by Gasteiger charge is 2.27. The SMILES string of the molecule is CC(C)[C@H](NC(=O)c1c(F)cccc1F)C(=O)Nc1cccc(NC(=O)Nc2ccccc2)c1. The van der Waals surface area contributed by atoms with Gasteiger partial charge in [-0.3, -0.25) is 9.59 Å². The highest BCUT2D eigenvalue weighted by Crippen LogP contribution is 2.18. The zero-order valence-corrected chi connectivity index (χ0v) is 18.6. The number of carbonyl (C=O) groups excluding carboxylic acids is 3. The van der Waals surface area contributed by atoms with Gasteiger partial charge in [-0.05, 0) is 48.4 Å². The highest BCUT2D eigenvalue weighted by atomic mass is 19.1. The molecule has 0 bridgehead atoms. The number of benzene rings is 3. The Balaban J connectivity index is 1.67. The van der Waals surface area contributed by atoms with Gasteiger partial charge in [0.05, 0.1) is 0 Å².